The Hall–Kier alpha value is -2.91. The van der Waals surface area contributed by atoms with E-state index in [0.29, 0.717) is 5.69 Å². The molecule has 0 saturated carbocycles. The molecule has 2 heterocycles. The van der Waals surface area contributed by atoms with Crippen LogP contribution in [0.25, 0.3) is 5.69 Å². The van der Waals surface area contributed by atoms with E-state index in [1.54, 1.807) is 12.1 Å². The van der Waals surface area contributed by atoms with Crippen molar-refractivity contribution in [1.29, 1.82) is 0 Å². The fourth-order valence-electron chi connectivity index (χ4n) is 2.86. The summed E-state index contributed by atoms with van der Waals surface area (Å²) in [7, 11) is 0. The lowest BCUT2D eigenvalue weighted by atomic mass is 9.96. The molecule has 1 N–H and O–H groups in total. The predicted octanol–water partition coefficient (Wildman–Crippen LogP) is 1.60. The fourth-order valence-corrected chi connectivity index (χ4v) is 2.86. The normalized spacial score (nSPS) is 20.7. The van der Waals surface area contributed by atoms with Crippen molar-refractivity contribution in [3.63, 3.8) is 0 Å². The van der Waals surface area contributed by atoms with E-state index in [4.69, 9.17) is 5.11 Å². The number of hydrogen-bond acceptors (Lipinski definition) is 4. The van der Waals surface area contributed by atoms with Crippen molar-refractivity contribution in [2.75, 3.05) is 13.1 Å². The third-order valence-corrected chi connectivity index (χ3v) is 4.12. The molecule has 7 nitrogen and oxygen atoms in total. The van der Waals surface area contributed by atoms with Gasteiger partial charge in [-0.3, -0.25) is 9.59 Å². The number of amides is 1. The first kappa shape index (κ1) is 16.9. The highest BCUT2D eigenvalue weighted by molar-refractivity contribution is 5.95. The van der Waals surface area contributed by atoms with E-state index in [-0.39, 0.29) is 5.56 Å². The number of nitrogens with zero attached hydrogens (tertiary/aromatic N) is 4. The number of carbonyl (C=O) groups excluding carboxylic acids is 1. The molecule has 1 aliphatic rings. The second-order valence-electron chi connectivity index (χ2n) is 5.69. The van der Waals surface area contributed by atoms with Gasteiger partial charge in [-0.1, -0.05) is 6.07 Å². The summed E-state index contributed by atoms with van der Waals surface area (Å²) in [6.45, 7) is -1.15. The molecule has 25 heavy (non-hydrogen) atoms. The predicted molar refractivity (Wildman–Crippen MR) is 77.9 cm³/mol. The summed E-state index contributed by atoms with van der Waals surface area (Å²) in [5.74, 6) is -5.95. The third-order valence-electron chi connectivity index (χ3n) is 4.12. The Morgan fingerprint density at radius 1 is 1.24 bits per heavy atom. The molecule has 3 rings (SSSR count). The van der Waals surface area contributed by atoms with E-state index in [9.17, 15) is 22.8 Å². The first-order valence-corrected chi connectivity index (χ1v) is 7.31. The summed E-state index contributed by atoms with van der Waals surface area (Å²) in [5.41, 5.74) is 0.671. The number of benzene rings is 1. The van der Waals surface area contributed by atoms with Crippen molar-refractivity contribution in [1.82, 2.24) is 19.7 Å². The molecule has 1 aromatic heterocycles. The topological polar surface area (TPSA) is 88.3 Å². The van der Waals surface area contributed by atoms with E-state index in [1.165, 1.54) is 29.5 Å². The molecule has 0 unspecified atom stereocenters. The number of aromatic nitrogens is 3. The standard InChI is InChI=1S/C15H13F3N4O3/c16-15(17,18)12-6-21(5-11(12)14(24)25)13(23)9-2-1-3-10(4-9)22-8-19-7-20-22/h1-4,7-8,11-12H,5-6H2,(H,24,25)/t11-,12-/m1/s1. The number of likely N-dealkylation sites (tertiary alicyclic amines) is 1. The van der Waals surface area contributed by atoms with Gasteiger partial charge in [0.15, 0.2) is 0 Å². The van der Waals surface area contributed by atoms with E-state index < -0.39 is 43.0 Å². The number of rotatable bonds is 3. The summed E-state index contributed by atoms with van der Waals surface area (Å²) in [5, 5.41) is 12.9. The van der Waals surface area contributed by atoms with Crippen molar-refractivity contribution >= 4 is 11.9 Å². The van der Waals surface area contributed by atoms with Crippen LogP contribution < -0.4 is 0 Å². The Morgan fingerprint density at radius 2 is 2.00 bits per heavy atom. The lowest BCUT2D eigenvalue weighted by Crippen LogP contribution is -2.34. The van der Waals surface area contributed by atoms with E-state index in [1.807, 2.05) is 0 Å². The molecular formula is C15H13F3N4O3. The molecule has 0 bridgehead atoms. The van der Waals surface area contributed by atoms with Gasteiger partial charge < -0.3 is 10.0 Å². The van der Waals surface area contributed by atoms with Gasteiger partial charge in [-0.2, -0.15) is 18.3 Å². The molecule has 10 heteroatoms. The smallest absolute Gasteiger partial charge is 0.394 e. The molecule has 1 aliphatic heterocycles. The number of carboxylic acid groups (broad SMARTS) is 1. The van der Waals surface area contributed by atoms with Gasteiger partial charge in [0.2, 0.25) is 0 Å². The largest absolute Gasteiger partial charge is 0.481 e. The van der Waals surface area contributed by atoms with Gasteiger partial charge in [-0.05, 0) is 18.2 Å². The van der Waals surface area contributed by atoms with Gasteiger partial charge in [-0.15, -0.1) is 0 Å². The minimum Gasteiger partial charge on any atom is -0.481 e. The Morgan fingerprint density at radius 3 is 2.56 bits per heavy atom. The van der Waals surface area contributed by atoms with Crippen LogP contribution in [-0.2, 0) is 4.79 Å². The van der Waals surface area contributed by atoms with Gasteiger partial charge in [-0.25, -0.2) is 9.67 Å². The number of hydrogen-bond donors (Lipinski definition) is 1. The highest BCUT2D eigenvalue weighted by atomic mass is 19.4. The van der Waals surface area contributed by atoms with E-state index in [2.05, 4.69) is 10.1 Å². The van der Waals surface area contributed by atoms with Crippen molar-refractivity contribution < 1.29 is 27.9 Å². The molecule has 0 aliphatic carbocycles. The van der Waals surface area contributed by atoms with Crippen molar-refractivity contribution in [3.8, 4) is 5.69 Å². The summed E-state index contributed by atoms with van der Waals surface area (Å²) in [6, 6.07) is 6.15. The summed E-state index contributed by atoms with van der Waals surface area (Å²) in [4.78, 5) is 28.4. The van der Waals surface area contributed by atoms with Crippen LogP contribution >= 0.6 is 0 Å². The fraction of sp³-hybridized carbons (Fsp3) is 0.333. The van der Waals surface area contributed by atoms with Crippen LogP contribution in [0.4, 0.5) is 13.2 Å². The molecule has 2 aromatic rings. The zero-order valence-electron chi connectivity index (χ0n) is 12.7. The van der Waals surface area contributed by atoms with Crippen LogP contribution in [0.3, 0.4) is 0 Å². The Kier molecular flexibility index (Phi) is 4.19. The first-order chi connectivity index (χ1) is 11.8. The number of aliphatic carboxylic acids is 1. The Bertz CT molecular complexity index is 792. The first-order valence-electron chi connectivity index (χ1n) is 7.31. The van der Waals surface area contributed by atoms with Crippen LogP contribution in [0.2, 0.25) is 0 Å². The lowest BCUT2D eigenvalue weighted by molar-refractivity contribution is -0.187. The zero-order valence-corrected chi connectivity index (χ0v) is 12.7. The molecule has 0 spiro atoms. The zero-order chi connectivity index (χ0) is 18.2. The van der Waals surface area contributed by atoms with Gasteiger partial charge in [0.1, 0.15) is 12.7 Å². The van der Waals surface area contributed by atoms with Gasteiger partial charge in [0.05, 0.1) is 17.5 Å². The second-order valence-corrected chi connectivity index (χ2v) is 5.69. The van der Waals surface area contributed by atoms with Crippen molar-refractivity contribution in [2.24, 2.45) is 11.8 Å². The van der Waals surface area contributed by atoms with E-state index in [0.717, 1.165) is 4.90 Å². The Balaban J connectivity index is 1.84. The minimum atomic E-state index is -4.68. The number of carbonyl (C=O) groups is 2. The molecule has 2 atom stereocenters. The van der Waals surface area contributed by atoms with Gasteiger partial charge in [0, 0.05) is 18.7 Å². The molecule has 1 fully saturated rings. The molecule has 1 aromatic carbocycles. The van der Waals surface area contributed by atoms with Crippen molar-refractivity contribution in [2.45, 2.75) is 6.18 Å². The molecule has 0 radical (unpaired) electrons. The maximum atomic E-state index is 13.0. The van der Waals surface area contributed by atoms with Crippen LogP contribution in [-0.4, -0.2) is 55.9 Å². The third kappa shape index (κ3) is 3.32. The number of alkyl halides is 3. The number of halogens is 3. The highest BCUT2D eigenvalue weighted by Gasteiger charge is 2.53. The maximum absolute atomic E-state index is 13.0. The molecule has 1 saturated heterocycles. The average molecular weight is 354 g/mol. The van der Waals surface area contributed by atoms with Crippen LogP contribution in [0.5, 0.6) is 0 Å². The lowest BCUT2D eigenvalue weighted by Gasteiger charge is -2.18. The van der Waals surface area contributed by atoms with Crippen LogP contribution in [0.15, 0.2) is 36.9 Å². The summed E-state index contributed by atoms with van der Waals surface area (Å²) in [6.07, 6.45) is -1.96. The highest BCUT2D eigenvalue weighted by Crippen LogP contribution is 2.38. The van der Waals surface area contributed by atoms with Crippen molar-refractivity contribution in [3.05, 3.63) is 42.5 Å². The quantitative estimate of drug-likeness (QED) is 0.905. The van der Waals surface area contributed by atoms with Crippen LogP contribution in [0, 0.1) is 11.8 Å². The average Bonchev–Trinajstić information content (AvgIpc) is 3.23. The minimum absolute atomic E-state index is 0.153. The van der Waals surface area contributed by atoms with Crippen LogP contribution in [0.1, 0.15) is 10.4 Å². The summed E-state index contributed by atoms with van der Waals surface area (Å²) < 4.78 is 40.5. The Labute approximate surface area is 139 Å². The van der Waals surface area contributed by atoms with Gasteiger partial charge >= 0.3 is 12.1 Å². The second kappa shape index (κ2) is 6.19. The number of carboxylic acids is 1. The molecular weight excluding hydrogens is 341 g/mol. The molecule has 132 valence electrons. The monoisotopic (exact) mass is 354 g/mol. The van der Waals surface area contributed by atoms with E-state index >= 15 is 0 Å². The SMILES string of the molecule is O=C(O)[C@@H]1CN(C(=O)c2cccc(-n3cncn3)c2)C[C@H]1C(F)(F)F. The van der Waals surface area contributed by atoms with Gasteiger partial charge in [0.25, 0.3) is 5.91 Å². The maximum Gasteiger partial charge on any atom is 0.394 e. The molecule has 1 amide bonds. The summed E-state index contributed by atoms with van der Waals surface area (Å²) >= 11 is 0.